The van der Waals surface area contributed by atoms with E-state index in [-0.39, 0.29) is 0 Å². The molecular weight excluding hydrogens is 188 g/mol. The molecular formula is C12H20N2O. The van der Waals surface area contributed by atoms with E-state index in [0.717, 1.165) is 24.6 Å². The summed E-state index contributed by atoms with van der Waals surface area (Å²) in [6.07, 6.45) is 2.79. The highest BCUT2D eigenvalue weighted by atomic mass is 16.5. The zero-order chi connectivity index (χ0) is 11.3. The Hall–Kier alpha value is -1.25. The maximum absolute atomic E-state index is 5.64. The Bertz CT molecular complexity index is 305. The van der Waals surface area contributed by atoms with E-state index in [1.54, 1.807) is 6.20 Å². The summed E-state index contributed by atoms with van der Waals surface area (Å²) in [5.41, 5.74) is 0.318. The Balaban J connectivity index is 2.44. The van der Waals surface area contributed by atoms with Crippen molar-refractivity contribution >= 4 is 5.82 Å². The highest BCUT2D eigenvalue weighted by molar-refractivity contribution is 5.39. The molecule has 0 fully saturated rings. The lowest BCUT2D eigenvalue weighted by atomic mass is 9.93. The van der Waals surface area contributed by atoms with Gasteiger partial charge in [-0.05, 0) is 17.9 Å². The first kappa shape index (κ1) is 11.8. The summed E-state index contributed by atoms with van der Waals surface area (Å²) >= 11 is 0. The van der Waals surface area contributed by atoms with Crippen molar-refractivity contribution < 1.29 is 4.74 Å². The lowest BCUT2D eigenvalue weighted by molar-refractivity contribution is 0.243. The van der Waals surface area contributed by atoms with Gasteiger partial charge in [0.25, 0.3) is 0 Å². The van der Waals surface area contributed by atoms with Crippen LogP contribution in [-0.4, -0.2) is 18.6 Å². The zero-order valence-corrected chi connectivity index (χ0v) is 10.0. The summed E-state index contributed by atoms with van der Waals surface area (Å²) in [6.45, 7) is 7.38. The van der Waals surface area contributed by atoms with Crippen molar-refractivity contribution in [2.24, 2.45) is 5.41 Å². The van der Waals surface area contributed by atoms with Gasteiger partial charge in [0.05, 0.1) is 6.61 Å². The summed E-state index contributed by atoms with van der Waals surface area (Å²) in [7, 11) is 1.85. The van der Waals surface area contributed by atoms with E-state index in [1.165, 1.54) is 0 Å². The molecule has 0 aliphatic rings. The minimum Gasteiger partial charge on any atom is -0.493 e. The summed E-state index contributed by atoms with van der Waals surface area (Å²) in [5, 5.41) is 2.98. The van der Waals surface area contributed by atoms with Crippen molar-refractivity contribution in [1.29, 1.82) is 0 Å². The van der Waals surface area contributed by atoms with Crippen LogP contribution in [0.5, 0.6) is 5.75 Å². The van der Waals surface area contributed by atoms with Gasteiger partial charge in [0.15, 0.2) is 0 Å². The monoisotopic (exact) mass is 208 g/mol. The second-order valence-electron chi connectivity index (χ2n) is 4.79. The predicted octanol–water partition coefficient (Wildman–Crippen LogP) is 2.94. The van der Waals surface area contributed by atoms with Crippen molar-refractivity contribution in [3.8, 4) is 5.75 Å². The Labute approximate surface area is 91.9 Å². The van der Waals surface area contributed by atoms with Crippen LogP contribution >= 0.6 is 0 Å². The normalized spacial score (nSPS) is 11.2. The Kier molecular flexibility index (Phi) is 3.95. The Morgan fingerprint density at radius 2 is 2.13 bits per heavy atom. The average molecular weight is 208 g/mol. The Morgan fingerprint density at radius 1 is 1.40 bits per heavy atom. The third kappa shape index (κ3) is 4.68. The lowest BCUT2D eigenvalue weighted by Crippen LogP contribution is -2.11. The summed E-state index contributed by atoms with van der Waals surface area (Å²) in [5.74, 6) is 1.71. The molecule has 0 amide bonds. The van der Waals surface area contributed by atoms with E-state index in [2.05, 4.69) is 31.1 Å². The van der Waals surface area contributed by atoms with Crippen LogP contribution in [-0.2, 0) is 0 Å². The van der Waals surface area contributed by atoms with Crippen LogP contribution in [0.3, 0.4) is 0 Å². The molecule has 0 unspecified atom stereocenters. The first-order valence-corrected chi connectivity index (χ1v) is 5.28. The molecule has 1 aromatic rings. The molecule has 0 atom stereocenters. The number of anilines is 1. The quantitative estimate of drug-likeness (QED) is 0.826. The molecule has 0 saturated heterocycles. The number of nitrogens with zero attached hydrogens (tertiary/aromatic N) is 1. The number of hydrogen-bond acceptors (Lipinski definition) is 3. The van der Waals surface area contributed by atoms with Gasteiger partial charge in [0.2, 0.25) is 0 Å². The Morgan fingerprint density at radius 3 is 2.73 bits per heavy atom. The van der Waals surface area contributed by atoms with E-state index in [4.69, 9.17) is 4.74 Å². The minimum absolute atomic E-state index is 0.318. The molecule has 3 nitrogen and oxygen atoms in total. The number of rotatable bonds is 4. The summed E-state index contributed by atoms with van der Waals surface area (Å²) < 4.78 is 5.64. The van der Waals surface area contributed by atoms with Gasteiger partial charge < -0.3 is 10.1 Å². The maximum Gasteiger partial charge on any atom is 0.129 e. The van der Waals surface area contributed by atoms with Crippen LogP contribution in [0.15, 0.2) is 18.3 Å². The van der Waals surface area contributed by atoms with Crippen molar-refractivity contribution in [1.82, 2.24) is 4.98 Å². The first-order valence-electron chi connectivity index (χ1n) is 5.28. The molecule has 1 aromatic heterocycles. The largest absolute Gasteiger partial charge is 0.493 e. The van der Waals surface area contributed by atoms with E-state index in [1.807, 2.05) is 19.2 Å². The number of aromatic nitrogens is 1. The predicted molar refractivity (Wildman–Crippen MR) is 63.4 cm³/mol. The van der Waals surface area contributed by atoms with Crippen molar-refractivity contribution in [3.63, 3.8) is 0 Å². The second-order valence-corrected chi connectivity index (χ2v) is 4.79. The molecule has 0 aromatic carbocycles. The van der Waals surface area contributed by atoms with E-state index in [9.17, 15) is 0 Å². The number of pyridine rings is 1. The van der Waals surface area contributed by atoms with Gasteiger partial charge >= 0.3 is 0 Å². The molecule has 84 valence electrons. The highest BCUT2D eigenvalue weighted by Crippen LogP contribution is 2.20. The molecule has 0 aliphatic carbocycles. The van der Waals surface area contributed by atoms with Crippen LogP contribution in [0, 0.1) is 5.41 Å². The van der Waals surface area contributed by atoms with E-state index in [0.29, 0.717) is 5.41 Å². The van der Waals surface area contributed by atoms with Crippen molar-refractivity contribution in [2.45, 2.75) is 27.2 Å². The van der Waals surface area contributed by atoms with Crippen LogP contribution in [0.2, 0.25) is 0 Å². The van der Waals surface area contributed by atoms with Crippen LogP contribution in [0.4, 0.5) is 5.82 Å². The van der Waals surface area contributed by atoms with Gasteiger partial charge in [-0.15, -0.1) is 0 Å². The molecule has 15 heavy (non-hydrogen) atoms. The van der Waals surface area contributed by atoms with Crippen LogP contribution in [0.1, 0.15) is 27.2 Å². The summed E-state index contributed by atoms with van der Waals surface area (Å²) in [6, 6.07) is 3.78. The van der Waals surface area contributed by atoms with Gasteiger partial charge in [-0.1, -0.05) is 20.8 Å². The fraction of sp³-hybridized carbons (Fsp3) is 0.583. The standard InChI is InChI=1S/C12H20N2O/c1-12(2,3)6-8-15-10-5-7-14-11(9-10)13-4/h5,7,9H,6,8H2,1-4H3,(H,13,14). The SMILES string of the molecule is CNc1cc(OCCC(C)(C)C)ccn1. The molecule has 1 rings (SSSR count). The van der Waals surface area contributed by atoms with Gasteiger partial charge in [-0.2, -0.15) is 0 Å². The molecule has 0 aliphatic heterocycles. The number of hydrogen-bond donors (Lipinski definition) is 1. The minimum atomic E-state index is 0.318. The zero-order valence-electron chi connectivity index (χ0n) is 10.0. The van der Waals surface area contributed by atoms with Gasteiger partial charge in [-0.25, -0.2) is 4.98 Å². The second kappa shape index (κ2) is 5.01. The van der Waals surface area contributed by atoms with E-state index < -0.39 is 0 Å². The highest BCUT2D eigenvalue weighted by Gasteiger charge is 2.09. The molecule has 0 spiro atoms. The third-order valence-electron chi connectivity index (χ3n) is 2.11. The molecule has 1 N–H and O–H groups in total. The topological polar surface area (TPSA) is 34.1 Å². The average Bonchev–Trinajstić information content (AvgIpc) is 2.16. The van der Waals surface area contributed by atoms with Gasteiger partial charge in [0.1, 0.15) is 11.6 Å². The van der Waals surface area contributed by atoms with Gasteiger partial charge in [-0.3, -0.25) is 0 Å². The number of ether oxygens (including phenoxy) is 1. The summed E-state index contributed by atoms with van der Waals surface area (Å²) in [4.78, 5) is 4.12. The molecule has 1 heterocycles. The fourth-order valence-corrected chi connectivity index (χ4v) is 1.11. The van der Waals surface area contributed by atoms with Crippen LogP contribution in [0.25, 0.3) is 0 Å². The van der Waals surface area contributed by atoms with E-state index >= 15 is 0 Å². The molecule has 0 saturated carbocycles. The molecule has 3 heteroatoms. The number of nitrogens with one attached hydrogen (secondary N) is 1. The smallest absolute Gasteiger partial charge is 0.129 e. The first-order chi connectivity index (χ1) is 7.01. The third-order valence-corrected chi connectivity index (χ3v) is 2.11. The van der Waals surface area contributed by atoms with Crippen LogP contribution < -0.4 is 10.1 Å². The lowest BCUT2D eigenvalue weighted by Gasteiger charge is -2.18. The molecule has 0 radical (unpaired) electrons. The van der Waals surface area contributed by atoms with Crippen molar-refractivity contribution in [2.75, 3.05) is 19.0 Å². The maximum atomic E-state index is 5.64. The fourth-order valence-electron chi connectivity index (χ4n) is 1.11. The molecule has 0 bridgehead atoms. The van der Waals surface area contributed by atoms with Gasteiger partial charge in [0, 0.05) is 19.3 Å². The van der Waals surface area contributed by atoms with Crippen molar-refractivity contribution in [3.05, 3.63) is 18.3 Å².